The SMILES string of the molecule is CC(C)N(Cc1cccnc1)C(=O)c1ccc(Cl)nc1. The summed E-state index contributed by atoms with van der Waals surface area (Å²) in [6, 6.07) is 7.21. The van der Waals surface area contributed by atoms with Gasteiger partial charge in [0, 0.05) is 31.2 Å². The molecule has 0 unspecified atom stereocenters. The van der Waals surface area contributed by atoms with Crippen molar-refractivity contribution in [1.82, 2.24) is 14.9 Å². The Balaban J connectivity index is 2.20. The Morgan fingerprint density at radius 3 is 2.65 bits per heavy atom. The number of amides is 1. The van der Waals surface area contributed by atoms with Gasteiger partial charge in [-0.25, -0.2) is 4.98 Å². The van der Waals surface area contributed by atoms with Crippen LogP contribution in [0.3, 0.4) is 0 Å². The quantitative estimate of drug-likeness (QED) is 0.812. The van der Waals surface area contributed by atoms with Crippen LogP contribution in [0.15, 0.2) is 42.9 Å². The van der Waals surface area contributed by atoms with Crippen molar-refractivity contribution < 1.29 is 4.79 Å². The van der Waals surface area contributed by atoms with Crippen LogP contribution in [-0.2, 0) is 6.54 Å². The van der Waals surface area contributed by atoms with Crippen LogP contribution in [-0.4, -0.2) is 26.8 Å². The van der Waals surface area contributed by atoms with E-state index < -0.39 is 0 Å². The molecule has 0 aliphatic carbocycles. The van der Waals surface area contributed by atoms with Crippen LogP contribution in [0.1, 0.15) is 29.8 Å². The van der Waals surface area contributed by atoms with Crippen molar-refractivity contribution in [3.63, 3.8) is 0 Å². The maximum absolute atomic E-state index is 12.5. The molecule has 2 heterocycles. The molecule has 0 fully saturated rings. The van der Waals surface area contributed by atoms with Gasteiger partial charge in [-0.2, -0.15) is 0 Å². The van der Waals surface area contributed by atoms with Crippen LogP contribution >= 0.6 is 11.6 Å². The Morgan fingerprint density at radius 2 is 2.10 bits per heavy atom. The van der Waals surface area contributed by atoms with Crippen LogP contribution in [0, 0.1) is 0 Å². The maximum atomic E-state index is 12.5. The van der Waals surface area contributed by atoms with Gasteiger partial charge in [0.05, 0.1) is 5.56 Å². The summed E-state index contributed by atoms with van der Waals surface area (Å²) in [4.78, 5) is 22.3. The minimum atomic E-state index is -0.0620. The van der Waals surface area contributed by atoms with Crippen molar-refractivity contribution in [2.75, 3.05) is 0 Å². The first-order chi connectivity index (χ1) is 9.58. The van der Waals surface area contributed by atoms with Gasteiger partial charge in [0.2, 0.25) is 0 Å². The van der Waals surface area contributed by atoms with Gasteiger partial charge in [-0.05, 0) is 37.6 Å². The molecule has 0 saturated heterocycles. The lowest BCUT2D eigenvalue weighted by atomic mass is 10.2. The van der Waals surface area contributed by atoms with Gasteiger partial charge in [0.1, 0.15) is 5.15 Å². The average molecular weight is 290 g/mol. The lowest BCUT2D eigenvalue weighted by molar-refractivity contribution is 0.0690. The summed E-state index contributed by atoms with van der Waals surface area (Å²) in [5, 5.41) is 0.380. The molecule has 104 valence electrons. The lowest BCUT2D eigenvalue weighted by Crippen LogP contribution is -2.36. The summed E-state index contributed by atoms with van der Waals surface area (Å²) in [5.74, 6) is -0.0620. The predicted octanol–water partition coefficient (Wildman–Crippen LogP) is 3.18. The normalized spacial score (nSPS) is 10.6. The highest BCUT2D eigenvalue weighted by Gasteiger charge is 2.19. The maximum Gasteiger partial charge on any atom is 0.255 e. The molecule has 2 aromatic heterocycles. The summed E-state index contributed by atoms with van der Waals surface area (Å²) >= 11 is 5.74. The van der Waals surface area contributed by atoms with E-state index in [-0.39, 0.29) is 11.9 Å². The van der Waals surface area contributed by atoms with Gasteiger partial charge in [-0.1, -0.05) is 17.7 Å². The molecule has 2 aromatic rings. The number of hydrogen-bond donors (Lipinski definition) is 0. The molecular weight excluding hydrogens is 274 g/mol. The van der Waals surface area contributed by atoms with E-state index in [4.69, 9.17) is 11.6 Å². The van der Waals surface area contributed by atoms with Crippen LogP contribution in [0.2, 0.25) is 5.15 Å². The van der Waals surface area contributed by atoms with Crippen LogP contribution in [0.25, 0.3) is 0 Å². The van der Waals surface area contributed by atoms with E-state index in [2.05, 4.69) is 9.97 Å². The van der Waals surface area contributed by atoms with Gasteiger partial charge < -0.3 is 4.90 Å². The third-order valence-electron chi connectivity index (χ3n) is 2.93. The molecule has 5 heteroatoms. The molecule has 0 aliphatic heterocycles. The Kier molecular flexibility index (Phi) is 4.69. The van der Waals surface area contributed by atoms with Crippen LogP contribution in [0.4, 0.5) is 0 Å². The van der Waals surface area contributed by atoms with Crippen molar-refractivity contribution in [3.05, 3.63) is 59.1 Å². The molecule has 1 amide bonds. The van der Waals surface area contributed by atoms with Gasteiger partial charge in [-0.15, -0.1) is 0 Å². The van der Waals surface area contributed by atoms with E-state index in [1.807, 2.05) is 26.0 Å². The molecule has 2 rings (SSSR count). The van der Waals surface area contributed by atoms with E-state index in [1.165, 1.54) is 6.20 Å². The third kappa shape index (κ3) is 3.54. The zero-order chi connectivity index (χ0) is 14.5. The fourth-order valence-electron chi connectivity index (χ4n) is 1.85. The lowest BCUT2D eigenvalue weighted by Gasteiger charge is -2.26. The first-order valence-electron chi connectivity index (χ1n) is 6.39. The van der Waals surface area contributed by atoms with Gasteiger partial charge in [0.15, 0.2) is 0 Å². The van der Waals surface area contributed by atoms with Crippen molar-refractivity contribution in [2.45, 2.75) is 26.4 Å². The molecule has 0 bridgehead atoms. The molecule has 0 N–H and O–H groups in total. The monoisotopic (exact) mass is 289 g/mol. The summed E-state index contributed by atoms with van der Waals surface area (Å²) in [7, 11) is 0. The van der Waals surface area contributed by atoms with Crippen molar-refractivity contribution in [1.29, 1.82) is 0 Å². The van der Waals surface area contributed by atoms with Crippen LogP contribution in [0.5, 0.6) is 0 Å². The number of halogens is 1. The van der Waals surface area contributed by atoms with Crippen molar-refractivity contribution in [3.8, 4) is 0 Å². The topological polar surface area (TPSA) is 46.1 Å². The second kappa shape index (κ2) is 6.48. The van der Waals surface area contributed by atoms with Gasteiger partial charge in [0.25, 0.3) is 5.91 Å². The summed E-state index contributed by atoms with van der Waals surface area (Å²) in [5.41, 5.74) is 1.53. The summed E-state index contributed by atoms with van der Waals surface area (Å²) < 4.78 is 0. The largest absolute Gasteiger partial charge is 0.332 e. The number of pyridine rings is 2. The number of rotatable bonds is 4. The van der Waals surface area contributed by atoms with Gasteiger partial charge >= 0.3 is 0 Å². The van der Waals surface area contributed by atoms with E-state index in [0.29, 0.717) is 17.3 Å². The Bertz CT molecular complexity index is 569. The zero-order valence-electron chi connectivity index (χ0n) is 11.5. The predicted molar refractivity (Wildman–Crippen MR) is 78.5 cm³/mol. The van der Waals surface area contributed by atoms with E-state index >= 15 is 0 Å². The highest BCUT2D eigenvalue weighted by Crippen LogP contribution is 2.13. The third-order valence-corrected chi connectivity index (χ3v) is 3.16. The summed E-state index contributed by atoms with van der Waals surface area (Å²) in [6.45, 7) is 4.49. The molecule has 20 heavy (non-hydrogen) atoms. The standard InChI is InChI=1S/C15H16ClN3O/c1-11(2)19(10-12-4-3-7-17-8-12)15(20)13-5-6-14(16)18-9-13/h3-9,11H,10H2,1-2H3. The first-order valence-corrected chi connectivity index (χ1v) is 6.77. The van der Waals surface area contributed by atoms with Crippen LogP contribution < -0.4 is 0 Å². The zero-order valence-corrected chi connectivity index (χ0v) is 12.2. The molecule has 4 nitrogen and oxygen atoms in total. The van der Waals surface area contributed by atoms with Crippen molar-refractivity contribution in [2.24, 2.45) is 0 Å². The number of carbonyl (C=O) groups is 1. The molecule has 0 aromatic carbocycles. The average Bonchev–Trinajstić information content (AvgIpc) is 2.45. The fourth-order valence-corrected chi connectivity index (χ4v) is 1.96. The van der Waals surface area contributed by atoms with Gasteiger partial charge in [-0.3, -0.25) is 9.78 Å². The molecule has 0 saturated carbocycles. The molecular formula is C15H16ClN3O. The minimum absolute atomic E-state index is 0.0620. The smallest absolute Gasteiger partial charge is 0.255 e. The second-order valence-electron chi connectivity index (χ2n) is 4.76. The Morgan fingerprint density at radius 1 is 1.30 bits per heavy atom. The molecule has 0 spiro atoms. The Labute approximate surface area is 123 Å². The number of aromatic nitrogens is 2. The molecule has 0 atom stereocenters. The second-order valence-corrected chi connectivity index (χ2v) is 5.14. The van der Waals surface area contributed by atoms with E-state index in [0.717, 1.165) is 5.56 Å². The van der Waals surface area contributed by atoms with E-state index in [1.54, 1.807) is 29.4 Å². The highest BCUT2D eigenvalue weighted by atomic mass is 35.5. The summed E-state index contributed by atoms with van der Waals surface area (Å²) in [6.07, 6.45) is 4.99. The number of carbonyl (C=O) groups excluding carboxylic acids is 1. The van der Waals surface area contributed by atoms with E-state index in [9.17, 15) is 4.79 Å². The highest BCUT2D eigenvalue weighted by molar-refractivity contribution is 6.29. The number of hydrogen-bond acceptors (Lipinski definition) is 3. The first kappa shape index (κ1) is 14.5. The van der Waals surface area contributed by atoms with Crippen molar-refractivity contribution >= 4 is 17.5 Å². The number of nitrogens with zero attached hydrogens (tertiary/aromatic N) is 3. The molecule has 0 aliphatic rings. The fraction of sp³-hybridized carbons (Fsp3) is 0.267. The Hall–Kier alpha value is -1.94. The molecule has 0 radical (unpaired) electrons. The minimum Gasteiger partial charge on any atom is -0.332 e.